The molecule has 0 saturated carbocycles. The van der Waals surface area contributed by atoms with Crippen LogP contribution < -0.4 is 0 Å². The molecule has 24 heavy (non-hydrogen) atoms. The highest BCUT2D eigenvalue weighted by molar-refractivity contribution is 5.99. The van der Waals surface area contributed by atoms with Crippen LogP contribution in [0.1, 0.15) is 5.56 Å². The molecule has 0 aromatic heterocycles. The van der Waals surface area contributed by atoms with Crippen LogP contribution in [0.4, 0.5) is 0 Å². The highest BCUT2D eigenvalue weighted by Gasteiger charge is 2.56. The van der Waals surface area contributed by atoms with Gasteiger partial charge in [0.15, 0.2) is 11.5 Å². The zero-order chi connectivity index (χ0) is 18.1. The number of phenols is 2. The number of ketones is 1. The highest BCUT2D eigenvalue weighted by Crippen LogP contribution is 2.30. The predicted molar refractivity (Wildman–Crippen MR) is 78.7 cm³/mol. The van der Waals surface area contributed by atoms with Gasteiger partial charge in [0.05, 0.1) is 6.61 Å². The number of phenolic OH excluding ortho intramolecular Hbond substituents is 2. The molecule has 1 aromatic carbocycles. The third kappa shape index (κ3) is 3.26. The third-order valence-electron chi connectivity index (χ3n) is 3.75. The molecular formula is C15H18O9. The number of hydrogen-bond donors (Lipinski definition) is 7. The van der Waals surface area contributed by atoms with E-state index < -0.39 is 48.3 Å². The van der Waals surface area contributed by atoms with Gasteiger partial charge in [0, 0.05) is 0 Å². The minimum Gasteiger partial charge on any atom is -0.504 e. The Balaban J connectivity index is 2.23. The van der Waals surface area contributed by atoms with Gasteiger partial charge in [-0.05, 0) is 23.8 Å². The molecule has 1 aliphatic rings. The van der Waals surface area contributed by atoms with Crippen molar-refractivity contribution >= 4 is 11.9 Å². The second-order valence-electron chi connectivity index (χ2n) is 5.41. The molecular weight excluding hydrogens is 324 g/mol. The van der Waals surface area contributed by atoms with E-state index in [2.05, 4.69) is 0 Å². The molecule has 0 aliphatic carbocycles. The van der Waals surface area contributed by atoms with Crippen molar-refractivity contribution in [2.75, 3.05) is 6.61 Å². The van der Waals surface area contributed by atoms with Gasteiger partial charge in [-0.3, -0.25) is 4.79 Å². The van der Waals surface area contributed by atoms with E-state index in [1.165, 1.54) is 18.2 Å². The topological polar surface area (TPSA) is 168 Å². The summed E-state index contributed by atoms with van der Waals surface area (Å²) in [4.78, 5) is 12.2. The largest absolute Gasteiger partial charge is 0.504 e. The summed E-state index contributed by atoms with van der Waals surface area (Å²) in [5, 5.41) is 67.0. The number of aromatic hydroxyl groups is 2. The molecule has 0 amide bonds. The van der Waals surface area contributed by atoms with Gasteiger partial charge in [-0.1, -0.05) is 12.1 Å². The Bertz CT molecular complexity index is 642. The lowest BCUT2D eigenvalue weighted by atomic mass is 9.90. The highest BCUT2D eigenvalue weighted by atomic mass is 16.7. The fourth-order valence-corrected chi connectivity index (χ4v) is 2.29. The van der Waals surface area contributed by atoms with Gasteiger partial charge in [-0.15, -0.1) is 0 Å². The van der Waals surface area contributed by atoms with Crippen molar-refractivity contribution in [3.63, 3.8) is 0 Å². The Morgan fingerprint density at radius 1 is 1.17 bits per heavy atom. The van der Waals surface area contributed by atoms with Crippen LogP contribution >= 0.6 is 0 Å². The Kier molecular flexibility index (Phi) is 5.23. The van der Waals surface area contributed by atoms with Crippen molar-refractivity contribution in [1.29, 1.82) is 0 Å². The Labute approximate surface area is 136 Å². The summed E-state index contributed by atoms with van der Waals surface area (Å²) in [6, 6.07) is 3.70. The first-order chi connectivity index (χ1) is 11.2. The maximum atomic E-state index is 12.2. The normalized spacial score (nSPS) is 33.7. The minimum absolute atomic E-state index is 0.298. The standard InChI is InChI=1S/C15H18O9/c16-6-10-12(20)13(21)14(22)15(23,24-10)11(19)4-2-7-1-3-8(17)9(18)5-7/h1-5,10,12-14,16-18,20-23H,6H2/b4-2+/t10-,12-,13+,14-,15?/m1/s1. The van der Waals surface area contributed by atoms with Crippen LogP contribution in [0.2, 0.25) is 0 Å². The van der Waals surface area contributed by atoms with Crippen LogP contribution in [-0.4, -0.2) is 78.3 Å². The van der Waals surface area contributed by atoms with E-state index in [1.807, 2.05) is 0 Å². The van der Waals surface area contributed by atoms with Crippen molar-refractivity contribution in [3.05, 3.63) is 29.8 Å². The summed E-state index contributed by atoms with van der Waals surface area (Å²) in [5.74, 6) is -4.78. The average molecular weight is 342 g/mol. The average Bonchev–Trinajstić information content (AvgIpc) is 2.57. The van der Waals surface area contributed by atoms with E-state index in [-0.39, 0.29) is 5.75 Å². The first-order valence-electron chi connectivity index (χ1n) is 7.00. The summed E-state index contributed by atoms with van der Waals surface area (Å²) < 4.78 is 4.87. The van der Waals surface area contributed by atoms with Crippen LogP contribution in [0.3, 0.4) is 0 Å². The van der Waals surface area contributed by atoms with Gasteiger partial charge in [0.2, 0.25) is 5.78 Å². The van der Waals surface area contributed by atoms with E-state index in [0.29, 0.717) is 5.56 Å². The zero-order valence-corrected chi connectivity index (χ0v) is 12.4. The zero-order valence-electron chi connectivity index (χ0n) is 12.4. The summed E-state index contributed by atoms with van der Waals surface area (Å²) in [6.45, 7) is -0.796. The second kappa shape index (κ2) is 6.85. The lowest BCUT2D eigenvalue weighted by Gasteiger charge is -2.43. The molecule has 5 atom stereocenters. The molecule has 1 aromatic rings. The van der Waals surface area contributed by atoms with Gasteiger partial charge in [0.1, 0.15) is 24.4 Å². The van der Waals surface area contributed by atoms with E-state index >= 15 is 0 Å². The number of ether oxygens (including phenoxy) is 1. The molecule has 9 nitrogen and oxygen atoms in total. The summed E-state index contributed by atoms with van der Waals surface area (Å²) in [6.07, 6.45) is -5.20. The number of carbonyl (C=O) groups excluding carboxylic acids is 1. The second-order valence-corrected chi connectivity index (χ2v) is 5.41. The quantitative estimate of drug-likeness (QED) is 0.238. The summed E-state index contributed by atoms with van der Waals surface area (Å²) >= 11 is 0. The number of rotatable bonds is 4. The third-order valence-corrected chi connectivity index (χ3v) is 3.75. The van der Waals surface area contributed by atoms with Gasteiger partial charge < -0.3 is 40.5 Å². The molecule has 1 aliphatic heterocycles. The van der Waals surface area contributed by atoms with Crippen molar-refractivity contribution in [2.24, 2.45) is 0 Å². The van der Waals surface area contributed by atoms with Crippen molar-refractivity contribution in [3.8, 4) is 11.5 Å². The molecule has 0 bridgehead atoms. The molecule has 0 radical (unpaired) electrons. The van der Waals surface area contributed by atoms with Crippen molar-refractivity contribution < 1.29 is 45.3 Å². The van der Waals surface area contributed by atoms with Crippen molar-refractivity contribution in [1.82, 2.24) is 0 Å². The smallest absolute Gasteiger partial charge is 0.260 e. The molecule has 1 saturated heterocycles. The fraction of sp³-hybridized carbons (Fsp3) is 0.400. The Hall–Kier alpha value is -2.01. The number of carbonyl (C=O) groups is 1. The number of aliphatic hydroxyl groups is 5. The molecule has 9 heteroatoms. The van der Waals surface area contributed by atoms with Crippen LogP contribution in [0.25, 0.3) is 6.08 Å². The van der Waals surface area contributed by atoms with E-state index in [9.17, 15) is 35.4 Å². The van der Waals surface area contributed by atoms with E-state index in [4.69, 9.17) is 9.84 Å². The molecule has 1 unspecified atom stereocenters. The maximum absolute atomic E-state index is 12.2. The van der Waals surface area contributed by atoms with Crippen LogP contribution in [0, 0.1) is 0 Å². The lowest BCUT2D eigenvalue weighted by Crippen LogP contribution is -2.67. The van der Waals surface area contributed by atoms with Gasteiger partial charge >= 0.3 is 0 Å². The fourth-order valence-electron chi connectivity index (χ4n) is 2.29. The molecule has 1 fully saturated rings. The minimum atomic E-state index is -2.86. The molecule has 0 spiro atoms. The first kappa shape index (κ1) is 18.3. The first-order valence-corrected chi connectivity index (χ1v) is 7.00. The van der Waals surface area contributed by atoms with Gasteiger partial charge in [-0.2, -0.15) is 0 Å². The van der Waals surface area contributed by atoms with Crippen molar-refractivity contribution in [2.45, 2.75) is 30.2 Å². The van der Waals surface area contributed by atoms with Crippen LogP contribution in [0.15, 0.2) is 24.3 Å². The number of aliphatic hydroxyl groups excluding tert-OH is 4. The molecule has 1 heterocycles. The van der Waals surface area contributed by atoms with Gasteiger partial charge in [-0.25, -0.2) is 0 Å². The van der Waals surface area contributed by atoms with Crippen LogP contribution in [-0.2, 0) is 9.53 Å². The number of hydrogen-bond acceptors (Lipinski definition) is 9. The lowest BCUT2D eigenvalue weighted by molar-refractivity contribution is -0.329. The maximum Gasteiger partial charge on any atom is 0.260 e. The summed E-state index contributed by atoms with van der Waals surface area (Å²) in [7, 11) is 0. The molecule has 132 valence electrons. The monoisotopic (exact) mass is 342 g/mol. The summed E-state index contributed by atoms with van der Waals surface area (Å²) in [5.41, 5.74) is 0.298. The Morgan fingerprint density at radius 3 is 2.42 bits per heavy atom. The molecule has 7 N–H and O–H groups in total. The number of benzene rings is 1. The predicted octanol–water partition coefficient (Wildman–Crippen LogP) is -2.16. The Morgan fingerprint density at radius 2 is 1.83 bits per heavy atom. The SMILES string of the molecule is O=C(/C=C/c1ccc(O)c(O)c1)C1(O)O[C@H](CO)[C@@H](O)[C@H](O)[C@H]1O. The van der Waals surface area contributed by atoms with Crippen LogP contribution in [0.5, 0.6) is 11.5 Å². The molecule has 2 rings (SSSR count). The van der Waals surface area contributed by atoms with Gasteiger partial charge in [0.25, 0.3) is 5.79 Å². The van der Waals surface area contributed by atoms with E-state index in [1.54, 1.807) is 0 Å². The van der Waals surface area contributed by atoms with E-state index in [0.717, 1.165) is 12.1 Å².